The summed E-state index contributed by atoms with van der Waals surface area (Å²) < 4.78 is 0. The number of aryl methyl sites for hydroxylation is 1. The first-order chi connectivity index (χ1) is 10.2. The highest BCUT2D eigenvalue weighted by molar-refractivity contribution is 7.99. The van der Waals surface area contributed by atoms with Crippen LogP contribution in [-0.4, -0.2) is 42.6 Å². The average molecular weight is 309 g/mol. The molecule has 1 unspecified atom stereocenters. The fourth-order valence-electron chi connectivity index (χ4n) is 2.49. The van der Waals surface area contributed by atoms with E-state index < -0.39 is 0 Å². The Morgan fingerprint density at radius 3 is 2.48 bits per heavy atom. The lowest BCUT2D eigenvalue weighted by atomic mass is 10.0. The zero-order valence-electron chi connectivity index (χ0n) is 14.2. The lowest BCUT2D eigenvalue weighted by molar-refractivity contribution is 0.324. The summed E-state index contributed by atoms with van der Waals surface area (Å²) in [4.78, 5) is 2.50. The van der Waals surface area contributed by atoms with E-state index in [0.717, 1.165) is 25.4 Å². The molecule has 3 heteroatoms. The van der Waals surface area contributed by atoms with Gasteiger partial charge in [0.15, 0.2) is 0 Å². The van der Waals surface area contributed by atoms with Crippen LogP contribution in [-0.2, 0) is 0 Å². The summed E-state index contributed by atoms with van der Waals surface area (Å²) in [6.07, 6.45) is 1.19. The van der Waals surface area contributed by atoms with Crippen LogP contribution in [0.2, 0.25) is 0 Å². The molecule has 0 saturated heterocycles. The van der Waals surface area contributed by atoms with Gasteiger partial charge in [0.2, 0.25) is 0 Å². The maximum absolute atomic E-state index is 3.71. The normalized spacial score (nSPS) is 12.8. The highest BCUT2D eigenvalue weighted by Gasteiger charge is 2.12. The van der Waals surface area contributed by atoms with Crippen molar-refractivity contribution in [2.24, 2.45) is 0 Å². The average Bonchev–Trinajstić information content (AvgIpc) is 2.51. The molecule has 0 bridgehead atoms. The van der Waals surface area contributed by atoms with Crippen LogP contribution < -0.4 is 5.32 Å². The van der Waals surface area contributed by atoms with Crippen LogP contribution in [0.4, 0.5) is 0 Å². The van der Waals surface area contributed by atoms with Crippen molar-refractivity contribution in [2.75, 3.05) is 37.7 Å². The van der Waals surface area contributed by atoms with Crippen LogP contribution in [0.25, 0.3) is 0 Å². The van der Waals surface area contributed by atoms with Gasteiger partial charge >= 0.3 is 0 Å². The fourth-order valence-corrected chi connectivity index (χ4v) is 3.58. The van der Waals surface area contributed by atoms with Gasteiger partial charge in [-0.3, -0.25) is 0 Å². The summed E-state index contributed by atoms with van der Waals surface area (Å²) >= 11 is 2.07. The molecule has 0 aliphatic carbocycles. The second-order valence-corrected chi connectivity index (χ2v) is 6.61. The van der Waals surface area contributed by atoms with Crippen LogP contribution >= 0.6 is 11.8 Å². The predicted molar refractivity (Wildman–Crippen MR) is 97.3 cm³/mol. The molecule has 0 saturated carbocycles. The molecular formula is C18H32N2S. The molecule has 0 aliphatic heterocycles. The van der Waals surface area contributed by atoms with Gasteiger partial charge in [-0.05, 0) is 44.1 Å². The lowest BCUT2D eigenvalue weighted by Crippen LogP contribution is -2.27. The third-order valence-electron chi connectivity index (χ3n) is 3.94. The molecule has 0 heterocycles. The molecule has 21 heavy (non-hydrogen) atoms. The molecular weight excluding hydrogens is 276 g/mol. The van der Waals surface area contributed by atoms with Crippen LogP contribution in [0, 0.1) is 6.92 Å². The summed E-state index contributed by atoms with van der Waals surface area (Å²) in [5.41, 5.74) is 2.86. The number of nitrogens with zero attached hydrogens (tertiary/aromatic N) is 1. The topological polar surface area (TPSA) is 15.3 Å². The number of thioether (sulfide) groups is 1. The minimum absolute atomic E-state index is 0.479. The van der Waals surface area contributed by atoms with Gasteiger partial charge in [-0.2, -0.15) is 11.8 Å². The Balaban J connectivity index is 2.49. The van der Waals surface area contributed by atoms with Crippen molar-refractivity contribution in [3.63, 3.8) is 0 Å². The van der Waals surface area contributed by atoms with Crippen LogP contribution in [0.1, 0.15) is 44.4 Å². The Morgan fingerprint density at radius 1 is 1.14 bits per heavy atom. The van der Waals surface area contributed by atoms with Gasteiger partial charge in [-0.15, -0.1) is 0 Å². The molecule has 0 spiro atoms. The molecule has 0 aromatic heterocycles. The highest BCUT2D eigenvalue weighted by atomic mass is 32.2. The maximum atomic E-state index is 3.71. The van der Waals surface area contributed by atoms with E-state index in [9.17, 15) is 0 Å². The first-order valence-corrected chi connectivity index (χ1v) is 9.47. The Labute approximate surface area is 135 Å². The molecule has 2 nitrogen and oxygen atoms in total. The van der Waals surface area contributed by atoms with Gasteiger partial charge in [0, 0.05) is 24.1 Å². The first-order valence-electron chi connectivity index (χ1n) is 8.31. The number of rotatable bonds is 11. The first kappa shape index (κ1) is 18.5. The minimum Gasteiger partial charge on any atom is -0.309 e. The number of benzene rings is 1. The van der Waals surface area contributed by atoms with Crippen molar-refractivity contribution >= 4 is 11.8 Å². The van der Waals surface area contributed by atoms with Crippen LogP contribution in [0.5, 0.6) is 0 Å². The van der Waals surface area contributed by atoms with E-state index in [4.69, 9.17) is 0 Å². The second kappa shape index (κ2) is 11.1. The molecule has 1 aromatic carbocycles. The molecule has 0 aliphatic rings. The Morgan fingerprint density at radius 2 is 1.86 bits per heavy atom. The van der Waals surface area contributed by atoms with Crippen molar-refractivity contribution < 1.29 is 0 Å². The van der Waals surface area contributed by atoms with Crippen molar-refractivity contribution in [3.05, 3.63) is 35.4 Å². The van der Waals surface area contributed by atoms with Gasteiger partial charge in [-0.25, -0.2) is 0 Å². The summed E-state index contributed by atoms with van der Waals surface area (Å²) in [6, 6.07) is 9.25. The van der Waals surface area contributed by atoms with Gasteiger partial charge in [0.1, 0.15) is 0 Å². The summed E-state index contributed by atoms with van der Waals surface area (Å²) in [5.74, 6) is 2.38. The molecule has 0 fully saturated rings. The second-order valence-electron chi connectivity index (χ2n) is 5.47. The largest absolute Gasteiger partial charge is 0.309 e. The van der Waals surface area contributed by atoms with Gasteiger partial charge < -0.3 is 10.2 Å². The number of nitrogens with one attached hydrogen (secondary N) is 1. The minimum atomic E-state index is 0.479. The Bertz CT molecular complexity index is 377. The predicted octanol–water partition coefficient (Wildman–Crippen LogP) is 4.11. The summed E-state index contributed by atoms with van der Waals surface area (Å²) in [5, 5.41) is 3.71. The Hall–Kier alpha value is -0.510. The van der Waals surface area contributed by atoms with E-state index in [1.54, 1.807) is 0 Å². The molecule has 1 rings (SSSR count). The van der Waals surface area contributed by atoms with Gasteiger partial charge in [0.05, 0.1) is 0 Å². The number of hydrogen-bond acceptors (Lipinski definition) is 3. The highest BCUT2D eigenvalue weighted by Crippen LogP contribution is 2.21. The standard InChI is InChI=1S/C18H32N2S/c1-5-12-19-18(17-11-9-8-10-16(17)4)15-21-14-13-20(6-2)7-3/h8-11,18-19H,5-7,12-15H2,1-4H3. The van der Waals surface area contributed by atoms with E-state index in [1.807, 2.05) is 0 Å². The maximum Gasteiger partial charge on any atom is 0.0414 e. The molecule has 1 N–H and O–H groups in total. The van der Waals surface area contributed by atoms with Crippen molar-refractivity contribution in [3.8, 4) is 0 Å². The zero-order valence-corrected chi connectivity index (χ0v) is 15.0. The van der Waals surface area contributed by atoms with Crippen LogP contribution in [0.15, 0.2) is 24.3 Å². The quantitative estimate of drug-likeness (QED) is 0.619. The van der Waals surface area contributed by atoms with E-state index in [1.165, 1.54) is 29.8 Å². The van der Waals surface area contributed by atoms with Gasteiger partial charge in [-0.1, -0.05) is 45.0 Å². The Kier molecular flexibility index (Phi) is 9.81. The van der Waals surface area contributed by atoms with Crippen molar-refractivity contribution in [2.45, 2.75) is 40.2 Å². The molecule has 1 aromatic rings. The lowest BCUT2D eigenvalue weighted by Gasteiger charge is -2.22. The van der Waals surface area contributed by atoms with E-state index in [-0.39, 0.29) is 0 Å². The summed E-state index contributed by atoms with van der Waals surface area (Å²) in [6.45, 7) is 13.5. The smallest absolute Gasteiger partial charge is 0.0414 e. The third-order valence-corrected chi connectivity index (χ3v) is 4.98. The molecule has 0 radical (unpaired) electrons. The van der Waals surface area contributed by atoms with E-state index >= 15 is 0 Å². The number of hydrogen-bond donors (Lipinski definition) is 1. The van der Waals surface area contributed by atoms with Crippen molar-refractivity contribution in [1.82, 2.24) is 10.2 Å². The monoisotopic (exact) mass is 308 g/mol. The van der Waals surface area contributed by atoms with E-state index in [2.05, 4.69) is 73.9 Å². The molecule has 120 valence electrons. The fraction of sp³-hybridized carbons (Fsp3) is 0.667. The zero-order chi connectivity index (χ0) is 15.5. The SMILES string of the molecule is CCCNC(CSCCN(CC)CC)c1ccccc1C. The van der Waals surface area contributed by atoms with E-state index in [0.29, 0.717) is 6.04 Å². The third kappa shape index (κ3) is 6.86. The van der Waals surface area contributed by atoms with Crippen LogP contribution in [0.3, 0.4) is 0 Å². The van der Waals surface area contributed by atoms with Gasteiger partial charge in [0.25, 0.3) is 0 Å². The summed E-state index contributed by atoms with van der Waals surface area (Å²) in [7, 11) is 0. The molecule has 0 amide bonds. The van der Waals surface area contributed by atoms with Crippen molar-refractivity contribution in [1.29, 1.82) is 0 Å². The molecule has 1 atom stereocenters.